The zero-order valence-corrected chi connectivity index (χ0v) is 11.1. The Morgan fingerprint density at radius 3 is 2.24 bits per heavy atom. The molecular weight excluding hydrogens is 277 g/mol. The molecule has 2 aromatic rings. The molecule has 0 radical (unpaired) electrons. The molecule has 0 N–H and O–H groups in total. The number of hydrogen-bond acceptors (Lipinski definition) is 1. The van der Waals surface area contributed by atoms with Gasteiger partial charge in [0.25, 0.3) is 0 Å². The van der Waals surface area contributed by atoms with E-state index >= 15 is 0 Å². The van der Waals surface area contributed by atoms with E-state index in [-0.39, 0.29) is 21.1 Å². The zero-order valence-electron chi connectivity index (χ0n) is 9.38. The number of carbonyl (C=O) groups excluding carboxylic acids is 1. The van der Waals surface area contributed by atoms with Gasteiger partial charge in [0, 0.05) is 0 Å². The average Bonchev–Trinajstić information content (AvgIpc) is 2.48. The van der Waals surface area contributed by atoms with E-state index in [9.17, 15) is 4.79 Å². The zero-order chi connectivity index (χ0) is 11.8. The van der Waals surface area contributed by atoms with Crippen molar-refractivity contribution in [3.05, 3.63) is 54.1 Å². The summed E-state index contributed by atoms with van der Waals surface area (Å²) >= 11 is 0.0622. The van der Waals surface area contributed by atoms with Gasteiger partial charge in [-0.3, -0.25) is 0 Å². The molecule has 0 atom stereocenters. The number of carbonyl (C=O) groups is 1. The molecule has 2 nitrogen and oxygen atoms in total. The minimum absolute atomic E-state index is 0.0622. The summed E-state index contributed by atoms with van der Waals surface area (Å²) in [7, 11) is 1.88. The van der Waals surface area contributed by atoms with Crippen molar-refractivity contribution in [2.75, 3.05) is 7.05 Å². The summed E-state index contributed by atoms with van der Waals surface area (Å²) in [4.78, 5) is 12.2. The van der Waals surface area contributed by atoms with Gasteiger partial charge in [-0.25, -0.2) is 0 Å². The van der Waals surface area contributed by atoms with Crippen molar-refractivity contribution >= 4 is 25.5 Å². The fourth-order valence-corrected chi connectivity index (χ4v) is 3.90. The van der Waals surface area contributed by atoms with E-state index in [4.69, 9.17) is 0 Å². The van der Waals surface area contributed by atoms with Gasteiger partial charge in [0.05, 0.1) is 0 Å². The van der Waals surface area contributed by atoms with E-state index in [1.165, 1.54) is 10.0 Å². The van der Waals surface area contributed by atoms with Gasteiger partial charge in [-0.05, 0) is 0 Å². The van der Waals surface area contributed by atoms with E-state index < -0.39 is 0 Å². The molecule has 0 aromatic heterocycles. The Hall–Kier alpha value is -1.57. The van der Waals surface area contributed by atoms with Crippen LogP contribution in [0.5, 0.6) is 0 Å². The first-order chi connectivity index (χ1) is 8.27. The Kier molecular flexibility index (Phi) is 2.50. The Morgan fingerprint density at radius 2 is 1.47 bits per heavy atom. The minimum atomic E-state index is 0.0622. The fourth-order valence-electron chi connectivity index (χ4n) is 2.03. The SMILES string of the molecule is CN1[Se]c2ccccc2-c2ccccc2C1=O. The maximum absolute atomic E-state index is 12.2. The summed E-state index contributed by atoms with van der Waals surface area (Å²) < 4.78 is 3.10. The Labute approximate surface area is 107 Å². The van der Waals surface area contributed by atoms with Crippen LogP contribution in [0.1, 0.15) is 10.4 Å². The number of hydrogen-bond donors (Lipinski definition) is 0. The number of fused-ring (bicyclic) bond motifs is 3. The van der Waals surface area contributed by atoms with Crippen LogP contribution in [0, 0.1) is 0 Å². The maximum atomic E-state index is 12.2. The number of nitrogens with zero attached hydrogens (tertiary/aromatic N) is 1. The quantitative estimate of drug-likeness (QED) is 0.676. The molecule has 1 heterocycles. The van der Waals surface area contributed by atoms with Crippen molar-refractivity contribution in [1.29, 1.82) is 0 Å². The van der Waals surface area contributed by atoms with Gasteiger partial charge in [-0.15, -0.1) is 0 Å². The first-order valence-corrected chi connectivity index (χ1v) is 7.04. The van der Waals surface area contributed by atoms with E-state index in [2.05, 4.69) is 12.1 Å². The molecule has 0 bridgehead atoms. The number of benzene rings is 2. The van der Waals surface area contributed by atoms with Crippen molar-refractivity contribution < 1.29 is 4.79 Å². The van der Waals surface area contributed by atoms with Crippen LogP contribution >= 0.6 is 0 Å². The molecule has 3 rings (SSSR count). The topological polar surface area (TPSA) is 20.3 Å². The average molecular weight is 288 g/mol. The van der Waals surface area contributed by atoms with Gasteiger partial charge in [-0.2, -0.15) is 0 Å². The van der Waals surface area contributed by atoms with E-state index in [1.807, 2.05) is 47.4 Å². The summed E-state index contributed by atoms with van der Waals surface area (Å²) in [5.41, 5.74) is 3.06. The molecular formula is C14H11NOSe. The molecule has 0 spiro atoms. The molecule has 1 aliphatic rings. The Morgan fingerprint density at radius 1 is 0.882 bits per heavy atom. The Bertz CT molecular complexity index is 594. The second-order valence-electron chi connectivity index (χ2n) is 3.94. The second-order valence-corrected chi connectivity index (χ2v) is 6.39. The van der Waals surface area contributed by atoms with Gasteiger partial charge >= 0.3 is 107 Å². The summed E-state index contributed by atoms with van der Waals surface area (Å²) in [6, 6.07) is 16.1. The third kappa shape index (κ3) is 1.68. The monoisotopic (exact) mass is 289 g/mol. The van der Waals surface area contributed by atoms with Crippen molar-refractivity contribution in [1.82, 2.24) is 3.92 Å². The molecule has 1 aliphatic heterocycles. The van der Waals surface area contributed by atoms with Gasteiger partial charge in [0.1, 0.15) is 0 Å². The van der Waals surface area contributed by atoms with Crippen molar-refractivity contribution in [3.8, 4) is 11.1 Å². The van der Waals surface area contributed by atoms with Gasteiger partial charge in [0.15, 0.2) is 0 Å². The standard InChI is InChI=1S/C14H11NOSe/c1-15-14(16)12-8-3-2-6-10(12)11-7-4-5-9-13(11)17-15/h2-9H,1H3. The number of amides is 1. The second kappa shape index (κ2) is 4.02. The summed E-state index contributed by atoms with van der Waals surface area (Å²) in [5.74, 6) is 0.122. The first-order valence-electron chi connectivity index (χ1n) is 5.42. The van der Waals surface area contributed by atoms with E-state index in [1.54, 1.807) is 0 Å². The molecule has 0 unspecified atom stereocenters. The molecule has 0 saturated carbocycles. The summed E-state index contributed by atoms with van der Waals surface area (Å²) in [5, 5.41) is 0. The third-order valence-electron chi connectivity index (χ3n) is 2.86. The summed E-state index contributed by atoms with van der Waals surface area (Å²) in [6.07, 6.45) is 0. The molecule has 84 valence electrons. The van der Waals surface area contributed by atoms with Crippen molar-refractivity contribution in [2.45, 2.75) is 0 Å². The normalized spacial score (nSPS) is 13.9. The predicted octanol–water partition coefficient (Wildman–Crippen LogP) is 1.68. The van der Waals surface area contributed by atoms with Crippen LogP contribution in [0.3, 0.4) is 0 Å². The van der Waals surface area contributed by atoms with Crippen LogP contribution in [0.25, 0.3) is 11.1 Å². The van der Waals surface area contributed by atoms with Crippen LogP contribution < -0.4 is 4.46 Å². The molecule has 3 heteroatoms. The fraction of sp³-hybridized carbons (Fsp3) is 0.0714. The summed E-state index contributed by atoms with van der Waals surface area (Å²) in [6.45, 7) is 0. The van der Waals surface area contributed by atoms with Gasteiger partial charge in [0.2, 0.25) is 0 Å². The molecule has 17 heavy (non-hydrogen) atoms. The third-order valence-corrected chi connectivity index (χ3v) is 4.94. The molecule has 2 aromatic carbocycles. The molecule has 0 saturated heterocycles. The molecule has 1 amide bonds. The van der Waals surface area contributed by atoms with Crippen LogP contribution in [0.2, 0.25) is 0 Å². The van der Waals surface area contributed by atoms with Gasteiger partial charge in [-0.1, -0.05) is 0 Å². The van der Waals surface area contributed by atoms with E-state index in [0.717, 1.165) is 11.1 Å². The van der Waals surface area contributed by atoms with Crippen LogP contribution in [0.15, 0.2) is 48.5 Å². The Balaban J connectivity index is 2.33. The number of rotatable bonds is 0. The van der Waals surface area contributed by atoms with Gasteiger partial charge < -0.3 is 0 Å². The van der Waals surface area contributed by atoms with Crippen LogP contribution in [-0.2, 0) is 0 Å². The molecule has 0 aliphatic carbocycles. The van der Waals surface area contributed by atoms with E-state index in [0.29, 0.717) is 0 Å². The van der Waals surface area contributed by atoms with Crippen molar-refractivity contribution in [3.63, 3.8) is 0 Å². The molecule has 0 fully saturated rings. The van der Waals surface area contributed by atoms with Crippen LogP contribution in [-0.4, -0.2) is 32.0 Å². The first kappa shape index (κ1) is 10.6. The van der Waals surface area contributed by atoms with Crippen molar-refractivity contribution in [2.24, 2.45) is 0 Å². The predicted molar refractivity (Wildman–Crippen MR) is 69.4 cm³/mol. The van der Waals surface area contributed by atoms with Crippen LogP contribution in [0.4, 0.5) is 0 Å².